The smallest absolute Gasteiger partial charge is 0.314 e. The fourth-order valence-corrected chi connectivity index (χ4v) is 1.55. The monoisotopic (exact) mass is 265 g/mol. The van der Waals surface area contributed by atoms with Crippen molar-refractivity contribution in [1.82, 2.24) is 15.6 Å². The van der Waals surface area contributed by atoms with Crippen molar-refractivity contribution in [2.75, 3.05) is 13.1 Å². The Balaban J connectivity index is 2.12. The molecule has 1 heterocycles. The van der Waals surface area contributed by atoms with Gasteiger partial charge in [0, 0.05) is 37.3 Å². The molecule has 0 radical (unpaired) electrons. The molecule has 1 rings (SSSR count). The fourth-order valence-electron chi connectivity index (χ4n) is 1.55. The number of carbonyl (C=O) groups excluding carboxylic acids is 1. The van der Waals surface area contributed by atoms with E-state index in [2.05, 4.69) is 15.6 Å². The van der Waals surface area contributed by atoms with Gasteiger partial charge in [0.2, 0.25) is 0 Å². The number of pyridine rings is 1. The summed E-state index contributed by atoms with van der Waals surface area (Å²) in [7, 11) is 0. The summed E-state index contributed by atoms with van der Waals surface area (Å²) < 4.78 is 0. The number of hydrogen-bond acceptors (Lipinski definition) is 3. The summed E-state index contributed by atoms with van der Waals surface area (Å²) in [6.45, 7) is 2.79. The van der Waals surface area contributed by atoms with Gasteiger partial charge in [-0.2, -0.15) is 0 Å². The molecule has 0 saturated heterocycles. The number of urea groups is 1. The molecule has 0 aliphatic rings. The molecule has 0 aromatic carbocycles. The molecule has 3 N–H and O–H groups in total. The van der Waals surface area contributed by atoms with Crippen molar-refractivity contribution in [3.8, 4) is 0 Å². The van der Waals surface area contributed by atoms with E-state index >= 15 is 0 Å². The lowest BCUT2D eigenvalue weighted by atomic mass is 10.2. The number of nitrogens with zero attached hydrogens (tertiary/aromatic N) is 1. The van der Waals surface area contributed by atoms with E-state index in [0.717, 1.165) is 11.4 Å². The number of carboxylic acids is 1. The lowest BCUT2D eigenvalue weighted by Crippen LogP contribution is -2.37. The molecular formula is C13H19N3O3. The predicted molar refractivity (Wildman–Crippen MR) is 70.9 cm³/mol. The highest BCUT2D eigenvalue weighted by atomic mass is 16.4. The van der Waals surface area contributed by atoms with Crippen molar-refractivity contribution in [3.63, 3.8) is 0 Å². The fraction of sp³-hybridized carbons (Fsp3) is 0.462. The summed E-state index contributed by atoms with van der Waals surface area (Å²) >= 11 is 0. The third-order valence-electron chi connectivity index (χ3n) is 2.47. The molecule has 6 heteroatoms. The van der Waals surface area contributed by atoms with E-state index in [-0.39, 0.29) is 12.5 Å². The second-order valence-corrected chi connectivity index (χ2v) is 4.20. The average Bonchev–Trinajstić information content (AvgIpc) is 2.34. The highest BCUT2D eigenvalue weighted by Crippen LogP contribution is 1.98. The summed E-state index contributed by atoms with van der Waals surface area (Å²) in [6, 6.07) is 5.49. The van der Waals surface area contributed by atoms with Gasteiger partial charge in [-0.3, -0.25) is 9.78 Å². The second-order valence-electron chi connectivity index (χ2n) is 4.20. The minimum absolute atomic E-state index is 0.0630. The SMILES string of the molecule is Cc1cccc(CCNC(=O)NCCCC(=O)O)n1. The highest BCUT2D eigenvalue weighted by Gasteiger charge is 2.01. The van der Waals surface area contributed by atoms with Crippen LogP contribution < -0.4 is 10.6 Å². The summed E-state index contributed by atoms with van der Waals surface area (Å²) in [5.41, 5.74) is 1.89. The number of aliphatic carboxylic acids is 1. The molecule has 1 aromatic rings. The lowest BCUT2D eigenvalue weighted by Gasteiger charge is -2.07. The largest absolute Gasteiger partial charge is 0.481 e. The van der Waals surface area contributed by atoms with E-state index in [1.807, 2.05) is 25.1 Å². The van der Waals surface area contributed by atoms with Gasteiger partial charge in [0.15, 0.2) is 0 Å². The van der Waals surface area contributed by atoms with Crippen LogP contribution in [0.15, 0.2) is 18.2 Å². The molecule has 19 heavy (non-hydrogen) atoms. The maximum Gasteiger partial charge on any atom is 0.314 e. The predicted octanol–water partition coefficient (Wildman–Crippen LogP) is 1.10. The van der Waals surface area contributed by atoms with E-state index < -0.39 is 5.97 Å². The van der Waals surface area contributed by atoms with Crippen molar-refractivity contribution < 1.29 is 14.7 Å². The van der Waals surface area contributed by atoms with Gasteiger partial charge in [-0.05, 0) is 25.5 Å². The van der Waals surface area contributed by atoms with Crippen LogP contribution in [0.4, 0.5) is 4.79 Å². The topological polar surface area (TPSA) is 91.3 Å². The minimum atomic E-state index is -0.854. The van der Waals surface area contributed by atoms with Crippen LogP contribution in [0.5, 0.6) is 0 Å². The number of hydrogen-bond donors (Lipinski definition) is 3. The lowest BCUT2D eigenvalue weighted by molar-refractivity contribution is -0.137. The molecule has 0 atom stereocenters. The maximum atomic E-state index is 11.4. The van der Waals surface area contributed by atoms with Crippen LogP contribution in [0.25, 0.3) is 0 Å². The van der Waals surface area contributed by atoms with Gasteiger partial charge < -0.3 is 15.7 Å². The van der Waals surface area contributed by atoms with Crippen molar-refractivity contribution in [1.29, 1.82) is 0 Å². The van der Waals surface area contributed by atoms with Crippen LogP contribution in [0.1, 0.15) is 24.2 Å². The van der Waals surface area contributed by atoms with E-state index in [4.69, 9.17) is 5.11 Å². The number of aromatic nitrogens is 1. The Kier molecular flexibility index (Phi) is 6.35. The Labute approximate surface area is 112 Å². The molecule has 6 nitrogen and oxygen atoms in total. The molecule has 0 aliphatic carbocycles. The molecule has 0 bridgehead atoms. The molecule has 0 saturated carbocycles. The molecular weight excluding hydrogens is 246 g/mol. The van der Waals surface area contributed by atoms with Gasteiger partial charge in [-0.1, -0.05) is 6.07 Å². The zero-order valence-corrected chi connectivity index (χ0v) is 11.0. The molecule has 0 fully saturated rings. The standard InChI is InChI=1S/C13H19N3O3/c1-10-4-2-5-11(16-10)7-9-15-13(19)14-8-3-6-12(17)18/h2,4-5H,3,6-9H2,1H3,(H,17,18)(H2,14,15,19). The quantitative estimate of drug-likeness (QED) is 0.644. The Morgan fingerprint density at radius 2 is 2.00 bits per heavy atom. The Bertz CT molecular complexity index is 435. The van der Waals surface area contributed by atoms with Crippen LogP contribution in [0, 0.1) is 6.92 Å². The molecule has 1 aromatic heterocycles. The van der Waals surface area contributed by atoms with E-state index in [1.54, 1.807) is 0 Å². The summed E-state index contributed by atoms with van der Waals surface area (Å²) in [6.07, 6.45) is 1.17. The first-order chi connectivity index (χ1) is 9.08. The first-order valence-corrected chi connectivity index (χ1v) is 6.24. The van der Waals surface area contributed by atoms with E-state index in [1.165, 1.54) is 0 Å². The van der Waals surface area contributed by atoms with Crippen LogP contribution in [0.2, 0.25) is 0 Å². The Morgan fingerprint density at radius 1 is 1.26 bits per heavy atom. The van der Waals surface area contributed by atoms with E-state index in [9.17, 15) is 9.59 Å². The highest BCUT2D eigenvalue weighted by molar-refractivity contribution is 5.73. The maximum absolute atomic E-state index is 11.4. The van der Waals surface area contributed by atoms with Gasteiger partial charge >= 0.3 is 12.0 Å². The van der Waals surface area contributed by atoms with E-state index in [0.29, 0.717) is 25.9 Å². The molecule has 104 valence electrons. The summed E-state index contributed by atoms with van der Waals surface area (Å²) in [5, 5.41) is 13.7. The number of carboxylic acid groups (broad SMARTS) is 1. The number of nitrogens with one attached hydrogen (secondary N) is 2. The first-order valence-electron chi connectivity index (χ1n) is 6.24. The van der Waals surface area contributed by atoms with Gasteiger partial charge in [0.25, 0.3) is 0 Å². The van der Waals surface area contributed by atoms with Gasteiger partial charge in [0.05, 0.1) is 0 Å². The molecule has 0 spiro atoms. The second kappa shape index (κ2) is 8.07. The van der Waals surface area contributed by atoms with Crippen LogP contribution >= 0.6 is 0 Å². The van der Waals surface area contributed by atoms with Crippen molar-refractivity contribution in [2.45, 2.75) is 26.2 Å². The minimum Gasteiger partial charge on any atom is -0.481 e. The van der Waals surface area contributed by atoms with Crippen molar-refractivity contribution >= 4 is 12.0 Å². The first kappa shape index (κ1) is 14.9. The van der Waals surface area contributed by atoms with Gasteiger partial charge in [-0.25, -0.2) is 4.79 Å². The van der Waals surface area contributed by atoms with Crippen molar-refractivity contribution in [2.24, 2.45) is 0 Å². The normalized spacial score (nSPS) is 9.95. The molecule has 0 aliphatic heterocycles. The number of aryl methyl sites for hydroxylation is 1. The van der Waals surface area contributed by atoms with Crippen LogP contribution in [-0.4, -0.2) is 35.2 Å². The number of rotatable bonds is 7. The summed E-state index contributed by atoms with van der Waals surface area (Å²) in [5.74, 6) is -0.854. The zero-order chi connectivity index (χ0) is 14.1. The Morgan fingerprint density at radius 3 is 2.68 bits per heavy atom. The molecule has 0 unspecified atom stereocenters. The number of carbonyl (C=O) groups is 2. The average molecular weight is 265 g/mol. The zero-order valence-electron chi connectivity index (χ0n) is 11.0. The van der Waals surface area contributed by atoms with Gasteiger partial charge in [0.1, 0.15) is 0 Å². The summed E-state index contributed by atoms with van der Waals surface area (Å²) in [4.78, 5) is 25.9. The third kappa shape index (κ3) is 7.03. The van der Waals surface area contributed by atoms with Crippen LogP contribution in [-0.2, 0) is 11.2 Å². The van der Waals surface area contributed by atoms with Gasteiger partial charge in [-0.15, -0.1) is 0 Å². The van der Waals surface area contributed by atoms with Crippen molar-refractivity contribution in [3.05, 3.63) is 29.6 Å². The molecule has 2 amide bonds. The third-order valence-corrected chi connectivity index (χ3v) is 2.47. The van der Waals surface area contributed by atoms with Crippen LogP contribution in [0.3, 0.4) is 0 Å². The number of amides is 2. The Hall–Kier alpha value is -2.11.